The molecule has 2 aliphatic rings. The summed E-state index contributed by atoms with van der Waals surface area (Å²) in [5.74, 6) is -0.0836. The van der Waals surface area contributed by atoms with Crippen molar-refractivity contribution in [1.29, 1.82) is 0 Å². The first kappa shape index (κ1) is 17.9. The number of carbonyl (C=O) groups is 2. The van der Waals surface area contributed by atoms with Crippen molar-refractivity contribution >= 4 is 11.8 Å². The molecule has 1 aliphatic carbocycles. The Morgan fingerprint density at radius 1 is 1.24 bits per heavy atom. The van der Waals surface area contributed by atoms with Crippen molar-refractivity contribution in [3.8, 4) is 0 Å². The summed E-state index contributed by atoms with van der Waals surface area (Å²) in [6.07, 6.45) is 5.43. The van der Waals surface area contributed by atoms with Crippen LogP contribution in [-0.4, -0.2) is 41.0 Å². The molecule has 1 aromatic carbocycles. The maximum absolute atomic E-state index is 12.4. The minimum absolute atomic E-state index is 0.0337. The van der Waals surface area contributed by atoms with Crippen molar-refractivity contribution in [3.05, 3.63) is 35.4 Å². The van der Waals surface area contributed by atoms with Gasteiger partial charge in [0.25, 0.3) is 0 Å². The van der Waals surface area contributed by atoms with Crippen LogP contribution in [0.15, 0.2) is 24.3 Å². The highest BCUT2D eigenvalue weighted by molar-refractivity contribution is 5.84. The fourth-order valence-corrected chi connectivity index (χ4v) is 4.07. The molecule has 1 saturated carbocycles. The third kappa shape index (κ3) is 4.21. The zero-order valence-corrected chi connectivity index (χ0v) is 15.0. The van der Waals surface area contributed by atoms with Crippen LogP contribution in [0, 0.1) is 6.92 Å². The normalized spacial score (nSPS) is 23.8. The summed E-state index contributed by atoms with van der Waals surface area (Å²) in [5.41, 5.74) is 0.951. The van der Waals surface area contributed by atoms with Crippen molar-refractivity contribution in [1.82, 2.24) is 10.2 Å². The maximum atomic E-state index is 12.4. The molecule has 1 saturated heterocycles. The molecule has 1 atom stereocenters. The second kappa shape index (κ2) is 7.56. The number of aliphatic hydroxyl groups is 1. The third-order valence-corrected chi connectivity index (χ3v) is 5.53. The lowest BCUT2D eigenvalue weighted by Gasteiger charge is -2.25. The Hall–Kier alpha value is -1.88. The van der Waals surface area contributed by atoms with Gasteiger partial charge in [0, 0.05) is 25.4 Å². The average molecular weight is 344 g/mol. The van der Waals surface area contributed by atoms with E-state index in [1.165, 1.54) is 12.8 Å². The third-order valence-electron chi connectivity index (χ3n) is 5.53. The van der Waals surface area contributed by atoms with Crippen molar-refractivity contribution in [3.63, 3.8) is 0 Å². The van der Waals surface area contributed by atoms with Crippen LogP contribution < -0.4 is 5.32 Å². The number of likely N-dealkylation sites (tertiary alicyclic amines) is 1. The van der Waals surface area contributed by atoms with Crippen molar-refractivity contribution in [2.24, 2.45) is 0 Å². The van der Waals surface area contributed by atoms with E-state index in [1.54, 1.807) is 4.90 Å². The lowest BCUT2D eigenvalue weighted by Crippen LogP contribution is -2.36. The van der Waals surface area contributed by atoms with E-state index >= 15 is 0 Å². The molecule has 1 aromatic rings. The first-order valence-electron chi connectivity index (χ1n) is 9.33. The molecule has 1 aliphatic heterocycles. The quantitative estimate of drug-likeness (QED) is 0.861. The molecule has 0 bridgehead atoms. The fourth-order valence-electron chi connectivity index (χ4n) is 4.07. The number of hydrogen-bond acceptors (Lipinski definition) is 3. The van der Waals surface area contributed by atoms with E-state index in [4.69, 9.17) is 0 Å². The second-order valence-electron chi connectivity index (χ2n) is 7.46. The van der Waals surface area contributed by atoms with E-state index in [-0.39, 0.29) is 24.7 Å². The molecule has 2 amide bonds. The predicted molar refractivity (Wildman–Crippen MR) is 95.9 cm³/mol. The topological polar surface area (TPSA) is 69.6 Å². The number of aryl methyl sites for hydroxylation is 1. The van der Waals surface area contributed by atoms with Gasteiger partial charge in [-0.3, -0.25) is 9.59 Å². The van der Waals surface area contributed by atoms with E-state index in [2.05, 4.69) is 5.32 Å². The van der Waals surface area contributed by atoms with Gasteiger partial charge >= 0.3 is 0 Å². The summed E-state index contributed by atoms with van der Waals surface area (Å²) in [6, 6.07) is 8.06. The summed E-state index contributed by atoms with van der Waals surface area (Å²) in [5, 5.41) is 14.0. The SMILES string of the molecule is Cc1ccccc1[C@@]1(O)CCN(C(=O)CCC(=O)NC2CCCC2)C1. The van der Waals surface area contributed by atoms with Gasteiger partial charge in [-0.05, 0) is 37.3 Å². The smallest absolute Gasteiger partial charge is 0.223 e. The number of β-amino-alcohol motifs (C(OH)–C–C–N with tert-alkyl or cyclic N) is 1. The van der Waals surface area contributed by atoms with Crippen molar-refractivity contribution in [2.45, 2.75) is 63.5 Å². The highest BCUT2D eigenvalue weighted by Gasteiger charge is 2.40. The van der Waals surface area contributed by atoms with E-state index in [1.807, 2.05) is 31.2 Å². The number of benzene rings is 1. The highest BCUT2D eigenvalue weighted by atomic mass is 16.3. The van der Waals surface area contributed by atoms with E-state index < -0.39 is 5.60 Å². The molecular weight excluding hydrogens is 316 g/mol. The van der Waals surface area contributed by atoms with Gasteiger partial charge in [0.05, 0.1) is 6.54 Å². The number of hydrogen-bond donors (Lipinski definition) is 2. The summed E-state index contributed by atoms with van der Waals surface area (Å²) in [7, 11) is 0. The zero-order chi connectivity index (χ0) is 17.9. The lowest BCUT2D eigenvalue weighted by atomic mass is 9.89. The molecule has 5 heteroatoms. The van der Waals surface area contributed by atoms with E-state index in [9.17, 15) is 14.7 Å². The average Bonchev–Trinajstić information content (AvgIpc) is 3.23. The van der Waals surface area contributed by atoms with E-state index in [0.717, 1.165) is 24.0 Å². The molecule has 2 fully saturated rings. The second-order valence-corrected chi connectivity index (χ2v) is 7.46. The van der Waals surface area contributed by atoms with E-state index in [0.29, 0.717) is 25.6 Å². The van der Waals surface area contributed by atoms with Gasteiger partial charge < -0.3 is 15.3 Å². The first-order chi connectivity index (χ1) is 12.0. The Balaban J connectivity index is 1.50. The minimum atomic E-state index is -0.979. The Morgan fingerprint density at radius 2 is 1.96 bits per heavy atom. The lowest BCUT2D eigenvalue weighted by molar-refractivity contribution is -0.133. The van der Waals surface area contributed by atoms with Crippen LogP contribution in [0.1, 0.15) is 56.1 Å². The van der Waals surface area contributed by atoms with Crippen LogP contribution in [-0.2, 0) is 15.2 Å². The molecule has 0 unspecified atom stereocenters. The number of amides is 2. The Bertz CT molecular complexity index is 640. The number of carbonyl (C=O) groups excluding carboxylic acids is 2. The molecule has 0 radical (unpaired) electrons. The molecule has 0 spiro atoms. The van der Waals surface area contributed by atoms with Gasteiger partial charge in [0.1, 0.15) is 5.60 Å². The van der Waals surface area contributed by atoms with Gasteiger partial charge in [0.2, 0.25) is 11.8 Å². The van der Waals surface area contributed by atoms with Crippen LogP contribution in [0.25, 0.3) is 0 Å². The maximum Gasteiger partial charge on any atom is 0.223 e. The molecule has 0 aromatic heterocycles. The first-order valence-corrected chi connectivity index (χ1v) is 9.33. The highest BCUT2D eigenvalue weighted by Crippen LogP contribution is 2.34. The predicted octanol–water partition coefficient (Wildman–Crippen LogP) is 2.25. The van der Waals surface area contributed by atoms with Crippen molar-refractivity contribution < 1.29 is 14.7 Å². The largest absolute Gasteiger partial charge is 0.383 e. The van der Waals surface area contributed by atoms with Gasteiger partial charge in [-0.15, -0.1) is 0 Å². The zero-order valence-electron chi connectivity index (χ0n) is 15.0. The van der Waals surface area contributed by atoms with Crippen LogP contribution in [0.4, 0.5) is 0 Å². The monoisotopic (exact) mass is 344 g/mol. The van der Waals surface area contributed by atoms with Crippen LogP contribution in [0.2, 0.25) is 0 Å². The van der Waals surface area contributed by atoms with Gasteiger partial charge in [-0.1, -0.05) is 37.1 Å². The number of nitrogens with zero attached hydrogens (tertiary/aromatic N) is 1. The molecule has 1 heterocycles. The Kier molecular flexibility index (Phi) is 5.42. The van der Waals surface area contributed by atoms with Crippen LogP contribution in [0.5, 0.6) is 0 Å². The molecular formula is C20H28N2O3. The summed E-state index contributed by atoms with van der Waals surface area (Å²) in [6.45, 7) is 2.82. The summed E-state index contributed by atoms with van der Waals surface area (Å²) >= 11 is 0. The number of nitrogens with one attached hydrogen (secondary N) is 1. The van der Waals surface area contributed by atoms with Crippen molar-refractivity contribution in [2.75, 3.05) is 13.1 Å². The fraction of sp³-hybridized carbons (Fsp3) is 0.600. The number of rotatable bonds is 5. The van der Waals surface area contributed by atoms with Gasteiger partial charge in [-0.25, -0.2) is 0 Å². The minimum Gasteiger partial charge on any atom is -0.383 e. The van der Waals surface area contributed by atoms with Gasteiger partial charge in [-0.2, -0.15) is 0 Å². The molecule has 5 nitrogen and oxygen atoms in total. The Labute approximate surface area is 149 Å². The van der Waals surface area contributed by atoms with Crippen LogP contribution in [0.3, 0.4) is 0 Å². The molecule has 2 N–H and O–H groups in total. The molecule has 136 valence electrons. The molecule has 25 heavy (non-hydrogen) atoms. The molecule has 3 rings (SSSR count). The standard InChI is InChI=1S/C20H28N2O3/c1-15-6-2-5-9-17(15)20(25)12-13-22(14-20)19(24)11-10-18(23)21-16-7-3-4-8-16/h2,5-6,9,16,25H,3-4,7-8,10-14H2,1H3,(H,21,23)/t20-/m1/s1. The Morgan fingerprint density at radius 3 is 2.68 bits per heavy atom. The van der Waals surface area contributed by atoms with Gasteiger partial charge in [0.15, 0.2) is 0 Å². The summed E-state index contributed by atoms with van der Waals surface area (Å²) in [4.78, 5) is 26.1. The van der Waals surface area contributed by atoms with Crippen LogP contribution >= 0.6 is 0 Å². The summed E-state index contributed by atoms with van der Waals surface area (Å²) < 4.78 is 0.